The first-order chi connectivity index (χ1) is 17.4. The van der Waals surface area contributed by atoms with Crippen LogP contribution in [0.5, 0.6) is 0 Å². The molecule has 0 spiro atoms. The van der Waals surface area contributed by atoms with Gasteiger partial charge in [-0.2, -0.15) is 0 Å². The van der Waals surface area contributed by atoms with Gasteiger partial charge in [0.15, 0.2) is 0 Å². The summed E-state index contributed by atoms with van der Waals surface area (Å²) in [6, 6.07) is 19.3. The standard InChI is InChI=1S/C29H32Cl2N2O3S/c1-20-5-10-25(11-6-20)33(37(35,36)26-14-7-22(8-15-26)29(2,3)4)19-28(34)32(24-12-13-24)18-21-17-23(30)9-16-27(21)31/h5-11,14-17,24H,12-13,18-19H2,1-4H3. The fourth-order valence-electron chi connectivity index (χ4n) is 4.15. The van der Waals surface area contributed by atoms with Crippen molar-refractivity contribution in [1.29, 1.82) is 0 Å². The molecule has 1 aliphatic carbocycles. The van der Waals surface area contributed by atoms with Gasteiger partial charge in [-0.15, -0.1) is 0 Å². The molecule has 196 valence electrons. The van der Waals surface area contributed by atoms with E-state index in [9.17, 15) is 13.2 Å². The first-order valence-corrected chi connectivity index (χ1v) is 14.5. The molecule has 0 unspecified atom stereocenters. The Balaban J connectivity index is 1.67. The van der Waals surface area contributed by atoms with Gasteiger partial charge in [0.1, 0.15) is 6.54 Å². The Morgan fingerprint density at radius 1 is 0.946 bits per heavy atom. The maximum Gasteiger partial charge on any atom is 0.264 e. The molecular weight excluding hydrogens is 527 g/mol. The topological polar surface area (TPSA) is 57.7 Å². The molecule has 1 amide bonds. The average Bonchev–Trinajstić information content (AvgIpc) is 3.68. The van der Waals surface area contributed by atoms with Gasteiger partial charge in [-0.1, -0.05) is 73.8 Å². The maximum atomic E-state index is 13.9. The number of hydrogen-bond acceptors (Lipinski definition) is 3. The largest absolute Gasteiger partial charge is 0.334 e. The number of anilines is 1. The number of hydrogen-bond donors (Lipinski definition) is 0. The fraction of sp³-hybridized carbons (Fsp3) is 0.345. The van der Waals surface area contributed by atoms with E-state index in [0.717, 1.165) is 29.5 Å². The number of amides is 1. The summed E-state index contributed by atoms with van der Waals surface area (Å²) >= 11 is 12.6. The zero-order valence-corrected chi connectivity index (χ0v) is 23.9. The van der Waals surface area contributed by atoms with Crippen LogP contribution in [0.1, 0.15) is 50.3 Å². The van der Waals surface area contributed by atoms with Crippen LogP contribution in [0, 0.1) is 6.92 Å². The molecule has 0 bridgehead atoms. The highest BCUT2D eigenvalue weighted by atomic mass is 35.5. The van der Waals surface area contributed by atoms with Gasteiger partial charge in [-0.05, 0) is 78.8 Å². The van der Waals surface area contributed by atoms with Crippen molar-refractivity contribution >= 4 is 44.8 Å². The predicted molar refractivity (Wildman–Crippen MR) is 151 cm³/mol. The second kappa shape index (κ2) is 10.7. The first-order valence-electron chi connectivity index (χ1n) is 12.3. The van der Waals surface area contributed by atoms with Crippen LogP contribution in [-0.4, -0.2) is 31.8 Å². The first kappa shape index (κ1) is 27.5. The molecule has 4 rings (SSSR count). The van der Waals surface area contributed by atoms with Crippen LogP contribution in [-0.2, 0) is 26.8 Å². The lowest BCUT2D eigenvalue weighted by molar-refractivity contribution is -0.130. The van der Waals surface area contributed by atoms with E-state index >= 15 is 0 Å². The summed E-state index contributed by atoms with van der Waals surface area (Å²) in [5, 5.41) is 1.05. The van der Waals surface area contributed by atoms with Gasteiger partial charge in [-0.3, -0.25) is 9.10 Å². The summed E-state index contributed by atoms with van der Waals surface area (Å²) in [6.45, 7) is 8.11. The van der Waals surface area contributed by atoms with Gasteiger partial charge in [-0.25, -0.2) is 8.42 Å². The number of carbonyl (C=O) groups excluding carboxylic acids is 1. The number of nitrogens with zero attached hydrogens (tertiary/aromatic N) is 2. The molecule has 3 aromatic rings. The smallest absolute Gasteiger partial charge is 0.264 e. The van der Waals surface area contributed by atoms with Gasteiger partial charge in [0.2, 0.25) is 5.91 Å². The quantitative estimate of drug-likeness (QED) is 0.299. The second-order valence-electron chi connectivity index (χ2n) is 10.6. The van der Waals surface area contributed by atoms with Gasteiger partial charge in [0, 0.05) is 22.6 Å². The molecule has 3 aromatic carbocycles. The molecule has 1 fully saturated rings. The molecule has 37 heavy (non-hydrogen) atoms. The van der Waals surface area contributed by atoms with E-state index in [2.05, 4.69) is 20.8 Å². The lowest BCUT2D eigenvalue weighted by Crippen LogP contribution is -2.43. The van der Waals surface area contributed by atoms with Crippen LogP contribution in [0.25, 0.3) is 0 Å². The lowest BCUT2D eigenvalue weighted by atomic mass is 9.87. The van der Waals surface area contributed by atoms with Crippen LogP contribution in [0.15, 0.2) is 71.6 Å². The van der Waals surface area contributed by atoms with Crippen molar-refractivity contribution in [2.45, 2.75) is 63.4 Å². The van der Waals surface area contributed by atoms with E-state index in [1.54, 1.807) is 47.4 Å². The van der Waals surface area contributed by atoms with Gasteiger partial charge in [0.05, 0.1) is 10.6 Å². The molecule has 1 aliphatic rings. The van der Waals surface area contributed by atoms with Crippen LogP contribution in [0.2, 0.25) is 10.0 Å². The second-order valence-corrected chi connectivity index (χ2v) is 13.3. The Labute approximate surface area is 230 Å². The van der Waals surface area contributed by atoms with Crippen molar-refractivity contribution in [2.24, 2.45) is 0 Å². The Kier molecular flexibility index (Phi) is 7.93. The van der Waals surface area contributed by atoms with E-state index in [1.165, 1.54) is 4.31 Å². The molecular formula is C29H32Cl2N2O3S. The van der Waals surface area contributed by atoms with E-state index in [-0.39, 0.29) is 35.3 Å². The van der Waals surface area contributed by atoms with Crippen molar-refractivity contribution in [1.82, 2.24) is 4.90 Å². The summed E-state index contributed by atoms with van der Waals surface area (Å²) in [5.74, 6) is -0.283. The number of sulfonamides is 1. The zero-order chi connectivity index (χ0) is 27.0. The van der Waals surface area contributed by atoms with Crippen molar-refractivity contribution < 1.29 is 13.2 Å². The predicted octanol–water partition coefficient (Wildman–Crippen LogP) is 6.99. The molecule has 1 saturated carbocycles. The molecule has 0 aromatic heterocycles. The third kappa shape index (κ3) is 6.49. The summed E-state index contributed by atoms with van der Waals surface area (Å²) in [6.07, 6.45) is 1.74. The highest BCUT2D eigenvalue weighted by Crippen LogP contribution is 2.32. The minimum absolute atomic E-state index is 0.0520. The maximum absolute atomic E-state index is 13.9. The minimum atomic E-state index is -4.01. The number of carbonyl (C=O) groups is 1. The zero-order valence-electron chi connectivity index (χ0n) is 21.5. The van der Waals surface area contributed by atoms with E-state index < -0.39 is 10.0 Å². The molecule has 0 saturated heterocycles. The van der Waals surface area contributed by atoms with E-state index in [4.69, 9.17) is 23.2 Å². The molecule has 0 aliphatic heterocycles. The van der Waals surface area contributed by atoms with Gasteiger partial charge < -0.3 is 4.90 Å². The fourth-order valence-corrected chi connectivity index (χ4v) is 5.94. The van der Waals surface area contributed by atoms with Crippen LogP contribution in [0.3, 0.4) is 0 Å². The number of rotatable bonds is 8. The summed E-state index contributed by atoms with van der Waals surface area (Å²) in [4.78, 5) is 15.5. The SMILES string of the molecule is Cc1ccc(N(CC(=O)N(Cc2cc(Cl)ccc2Cl)C2CC2)S(=O)(=O)c2ccc(C(C)(C)C)cc2)cc1. The summed E-state index contributed by atoms with van der Waals surface area (Å²) in [7, 11) is -4.01. The molecule has 0 radical (unpaired) electrons. The van der Waals surface area contributed by atoms with Crippen molar-refractivity contribution in [3.05, 3.63) is 93.5 Å². The summed E-state index contributed by atoms with van der Waals surface area (Å²) in [5.41, 5.74) is 3.09. The molecule has 0 atom stereocenters. The average molecular weight is 560 g/mol. The van der Waals surface area contributed by atoms with Crippen LogP contribution >= 0.6 is 23.2 Å². The number of aryl methyl sites for hydroxylation is 1. The summed E-state index contributed by atoms with van der Waals surface area (Å²) < 4.78 is 29.0. The molecule has 8 heteroatoms. The van der Waals surface area contributed by atoms with Crippen LogP contribution in [0.4, 0.5) is 5.69 Å². The van der Waals surface area contributed by atoms with Gasteiger partial charge in [0.25, 0.3) is 10.0 Å². The monoisotopic (exact) mass is 558 g/mol. The highest BCUT2D eigenvalue weighted by molar-refractivity contribution is 7.92. The molecule has 0 N–H and O–H groups in total. The Bertz CT molecular complexity index is 1380. The highest BCUT2D eigenvalue weighted by Gasteiger charge is 2.36. The normalized spacial score (nSPS) is 13.9. The van der Waals surface area contributed by atoms with E-state index in [1.807, 2.05) is 31.2 Å². The lowest BCUT2D eigenvalue weighted by Gasteiger charge is -2.29. The molecule has 5 nitrogen and oxygen atoms in total. The Hall–Kier alpha value is -2.54. The van der Waals surface area contributed by atoms with Crippen molar-refractivity contribution in [2.75, 3.05) is 10.8 Å². The van der Waals surface area contributed by atoms with E-state index in [0.29, 0.717) is 15.7 Å². The Morgan fingerprint density at radius 3 is 2.14 bits per heavy atom. The van der Waals surface area contributed by atoms with Crippen molar-refractivity contribution in [3.63, 3.8) is 0 Å². The number of halogens is 2. The minimum Gasteiger partial charge on any atom is -0.334 e. The van der Waals surface area contributed by atoms with Crippen molar-refractivity contribution in [3.8, 4) is 0 Å². The van der Waals surface area contributed by atoms with Gasteiger partial charge >= 0.3 is 0 Å². The van der Waals surface area contributed by atoms with Crippen LogP contribution < -0.4 is 4.31 Å². The third-order valence-corrected chi connectivity index (χ3v) is 8.96. The molecule has 0 heterocycles. The third-order valence-electron chi connectivity index (χ3n) is 6.57. The number of benzene rings is 3. The Morgan fingerprint density at radius 2 is 1.57 bits per heavy atom.